The summed E-state index contributed by atoms with van der Waals surface area (Å²) in [5.74, 6) is 1.29. The number of sulfone groups is 1. The number of aromatic nitrogens is 6. The van der Waals surface area contributed by atoms with Crippen molar-refractivity contribution < 1.29 is 13.2 Å². The molecule has 39 heavy (non-hydrogen) atoms. The number of anilines is 1. The maximum absolute atomic E-state index is 13.5. The molecule has 1 N–H and O–H groups in total. The van der Waals surface area contributed by atoms with Gasteiger partial charge in [-0.05, 0) is 44.6 Å². The Kier molecular flexibility index (Phi) is 8.19. The highest BCUT2D eigenvalue weighted by Crippen LogP contribution is 2.44. The fourth-order valence-corrected chi connectivity index (χ4v) is 4.21. The van der Waals surface area contributed by atoms with Crippen molar-refractivity contribution in [2.45, 2.75) is 46.1 Å². The van der Waals surface area contributed by atoms with E-state index in [-0.39, 0.29) is 28.7 Å². The third-order valence-corrected chi connectivity index (χ3v) is 7.50. The van der Waals surface area contributed by atoms with Gasteiger partial charge in [0.05, 0.1) is 31.2 Å². The fourth-order valence-electron chi connectivity index (χ4n) is 3.90. The van der Waals surface area contributed by atoms with Crippen molar-refractivity contribution >= 4 is 33.5 Å². The average Bonchev–Trinajstić information content (AvgIpc) is 3.74. The SMILES string of the molecule is C=N/C(=C\C=C(/C)S(C)(=O)=O)CNc1nc2cnc(-c3c(OC)ncnc3C3CC3)nc2n(CC(C)C)c1=O. The minimum atomic E-state index is -3.32. The largest absolute Gasteiger partial charge is 0.480 e. The van der Waals surface area contributed by atoms with Gasteiger partial charge >= 0.3 is 0 Å². The Morgan fingerprint density at radius 3 is 2.62 bits per heavy atom. The van der Waals surface area contributed by atoms with E-state index < -0.39 is 9.84 Å². The zero-order valence-electron chi connectivity index (χ0n) is 22.7. The van der Waals surface area contributed by atoms with Crippen LogP contribution in [0, 0.1) is 5.92 Å². The number of fused-ring (bicyclic) bond motifs is 1. The number of allylic oxidation sites excluding steroid dienone is 3. The molecule has 4 rings (SSSR count). The maximum atomic E-state index is 13.5. The summed E-state index contributed by atoms with van der Waals surface area (Å²) in [5, 5.41) is 3.01. The van der Waals surface area contributed by atoms with Crippen LogP contribution in [0.4, 0.5) is 5.82 Å². The summed E-state index contributed by atoms with van der Waals surface area (Å²) in [6.07, 6.45) is 9.20. The van der Waals surface area contributed by atoms with Crippen LogP contribution in [-0.4, -0.2) is 64.5 Å². The zero-order valence-corrected chi connectivity index (χ0v) is 23.5. The van der Waals surface area contributed by atoms with Gasteiger partial charge in [0.2, 0.25) is 5.88 Å². The molecule has 0 bridgehead atoms. The molecule has 0 radical (unpaired) electrons. The maximum Gasteiger partial charge on any atom is 0.294 e. The molecule has 0 atom stereocenters. The molecule has 3 heterocycles. The van der Waals surface area contributed by atoms with Crippen LogP contribution in [0.15, 0.2) is 45.1 Å². The first kappa shape index (κ1) is 28.0. The van der Waals surface area contributed by atoms with Gasteiger partial charge in [-0.15, -0.1) is 0 Å². The summed E-state index contributed by atoms with van der Waals surface area (Å²) in [4.78, 5) is 40.2. The van der Waals surface area contributed by atoms with Crippen molar-refractivity contribution in [2.75, 3.05) is 25.2 Å². The fraction of sp³-hybridized carbons (Fsp3) is 0.423. The Morgan fingerprint density at radius 2 is 2.00 bits per heavy atom. The number of methoxy groups -OCH3 is 1. The molecular formula is C26H32N8O4S. The van der Waals surface area contributed by atoms with E-state index in [1.165, 1.54) is 32.5 Å². The van der Waals surface area contributed by atoms with Crippen LogP contribution in [-0.2, 0) is 16.4 Å². The van der Waals surface area contributed by atoms with Crippen LogP contribution in [0.25, 0.3) is 22.6 Å². The molecule has 206 valence electrons. The minimum Gasteiger partial charge on any atom is -0.480 e. The van der Waals surface area contributed by atoms with Crippen LogP contribution in [0.5, 0.6) is 5.88 Å². The van der Waals surface area contributed by atoms with Gasteiger partial charge in [-0.25, -0.2) is 33.3 Å². The van der Waals surface area contributed by atoms with Gasteiger partial charge in [-0.3, -0.25) is 14.4 Å². The second-order valence-corrected chi connectivity index (χ2v) is 12.0. The molecule has 13 heteroatoms. The van der Waals surface area contributed by atoms with Crippen molar-refractivity contribution in [1.82, 2.24) is 29.5 Å². The third-order valence-electron chi connectivity index (χ3n) is 6.19. The molecule has 1 saturated carbocycles. The van der Waals surface area contributed by atoms with Crippen molar-refractivity contribution in [1.29, 1.82) is 0 Å². The minimum absolute atomic E-state index is 0.0946. The van der Waals surface area contributed by atoms with Gasteiger partial charge in [0, 0.05) is 23.6 Å². The highest BCUT2D eigenvalue weighted by atomic mass is 32.2. The van der Waals surface area contributed by atoms with Gasteiger partial charge in [0.25, 0.3) is 5.56 Å². The van der Waals surface area contributed by atoms with Gasteiger partial charge in [0.1, 0.15) is 17.4 Å². The summed E-state index contributed by atoms with van der Waals surface area (Å²) in [6, 6.07) is 0. The van der Waals surface area contributed by atoms with Crippen molar-refractivity contribution in [2.24, 2.45) is 10.9 Å². The quantitative estimate of drug-likeness (QED) is 0.277. The molecule has 0 aliphatic heterocycles. The van der Waals surface area contributed by atoms with Gasteiger partial charge in [-0.1, -0.05) is 13.8 Å². The van der Waals surface area contributed by atoms with E-state index in [1.54, 1.807) is 10.8 Å². The average molecular weight is 553 g/mol. The summed E-state index contributed by atoms with van der Waals surface area (Å²) in [5.41, 5.74) is 2.35. The molecule has 0 saturated heterocycles. The van der Waals surface area contributed by atoms with Gasteiger partial charge in [-0.2, -0.15) is 0 Å². The lowest BCUT2D eigenvalue weighted by molar-refractivity contribution is 0.397. The first-order chi connectivity index (χ1) is 18.5. The Labute approximate surface area is 226 Å². The number of nitrogens with one attached hydrogen (secondary N) is 1. The Morgan fingerprint density at radius 1 is 1.26 bits per heavy atom. The molecule has 0 amide bonds. The van der Waals surface area contributed by atoms with Crippen molar-refractivity contribution in [3.63, 3.8) is 0 Å². The monoisotopic (exact) mass is 552 g/mol. The molecule has 0 unspecified atom stereocenters. The molecule has 1 aliphatic carbocycles. The smallest absolute Gasteiger partial charge is 0.294 e. The third kappa shape index (κ3) is 6.36. The first-order valence-corrected chi connectivity index (χ1v) is 14.4. The van der Waals surface area contributed by atoms with E-state index in [4.69, 9.17) is 9.72 Å². The van der Waals surface area contributed by atoms with E-state index in [0.717, 1.165) is 24.8 Å². The number of ether oxygens (including phenoxy) is 1. The number of hydrogen-bond donors (Lipinski definition) is 1. The van der Waals surface area contributed by atoms with Gasteiger partial charge < -0.3 is 10.1 Å². The van der Waals surface area contributed by atoms with Crippen LogP contribution in [0.2, 0.25) is 0 Å². The van der Waals surface area contributed by atoms with E-state index in [1.807, 2.05) is 13.8 Å². The summed E-state index contributed by atoms with van der Waals surface area (Å²) in [7, 11) is -1.78. The predicted molar refractivity (Wildman–Crippen MR) is 151 cm³/mol. The topological polar surface area (TPSA) is 154 Å². The second-order valence-electron chi connectivity index (χ2n) is 9.81. The zero-order chi connectivity index (χ0) is 28.3. The number of rotatable bonds is 11. The molecule has 3 aromatic rings. The molecule has 12 nitrogen and oxygen atoms in total. The van der Waals surface area contributed by atoms with Crippen LogP contribution in [0.3, 0.4) is 0 Å². The normalized spacial score (nSPS) is 14.6. The predicted octanol–water partition coefficient (Wildman–Crippen LogP) is 3.13. The summed E-state index contributed by atoms with van der Waals surface area (Å²) >= 11 is 0. The number of aliphatic imine (C=N–C) groups is 1. The van der Waals surface area contributed by atoms with E-state index in [9.17, 15) is 13.2 Å². The van der Waals surface area contributed by atoms with Gasteiger partial charge in [0.15, 0.2) is 27.1 Å². The standard InChI is InChI=1S/C26H32N8O4S/c1-15(2)13-34-24-19(12-29-22(33-24)20-21(17-8-9-17)30-14-31-25(20)38-5)32-23(26(34)35)28-11-18(27-4)10-7-16(3)39(6,36)37/h7,10,12,14-15,17H,4,8-9,11,13H2,1-3,5-6H3,(H,28,32)/b16-7+,18-10-. The van der Waals surface area contributed by atoms with Crippen LogP contribution in [0.1, 0.15) is 45.2 Å². The highest BCUT2D eigenvalue weighted by Gasteiger charge is 2.31. The van der Waals surface area contributed by atoms with E-state index >= 15 is 0 Å². The number of hydrogen-bond acceptors (Lipinski definition) is 11. The van der Waals surface area contributed by atoms with Crippen LogP contribution >= 0.6 is 0 Å². The highest BCUT2D eigenvalue weighted by molar-refractivity contribution is 7.94. The molecule has 0 spiro atoms. The van der Waals surface area contributed by atoms with E-state index in [0.29, 0.717) is 46.6 Å². The second kappa shape index (κ2) is 11.4. The summed E-state index contributed by atoms with van der Waals surface area (Å²) in [6.45, 7) is 9.55. The molecular weight excluding hydrogens is 520 g/mol. The van der Waals surface area contributed by atoms with Crippen molar-refractivity contribution in [3.05, 3.63) is 51.3 Å². The Hall–Kier alpha value is -4.00. The number of nitrogens with zero attached hydrogens (tertiary/aromatic N) is 7. The lowest BCUT2D eigenvalue weighted by Crippen LogP contribution is -2.28. The Balaban J connectivity index is 1.77. The van der Waals surface area contributed by atoms with E-state index in [2.05, 4.69) is 37.0 Å². The molecule has 0 aromatic carbocycles. The van der Waals surface area contributed by atoms with Crippen molar-refractivity contribution in [3.8, 4) is 17.3 Å². The Bertz CT molecular complexity index is 1640. The molecule has 3 aromatic heterocycles. The van der Waals surface area contributed by atoms with Crippen LogP contribution < -0.4 is 15.6 Å². The first-order valence-electron chi connectivity index (χ1n) is 12.5. The summed E-state index contributed by atoms with van der Waals surface area (Å²) < 4.78 is 30.4. The lowest BCUT2D eigenvalue weighted by atomic mass is 10.1. The molecule has 1 aliphatic rings. The molecule has 1 fully saturated rings. The lowest BCUT2D eigenvalue weighted by Gasteiger charge is -2.16.